The molecule has 140 valence electrons. The third-order valence-corrected chi connectivity index (χ3v) is 4.83. The molecular formula is C20H18ClNO4S. The second kappa shape index (κ2) is 8.50. The smallest absolute Gasteiger partial charge is 0.298 e. The number of carbonyl (C=O) groups is 2. The fourth-order valence-electron chi connectivity index (χ4n) is 2.61. The molecule has 1 heterocycles. The average Bonchev–Trinajstić information content (AvgIpc) is 2.91. The Balaban J connectivity index is 1.90. The summed E-state index contributed by atoms with van der Waals surface area (Å²) in [6.45, 7) is 4.81. The van der Waals surface area contributed by atoms with Gasteiger partial charge in [-0.15, -0.1) is 0 Å². The lowest BCUT2D eigenvalue weighted by molar-refractivity contribution is -0.113. The fraction of sp³-hybridized carbons (Fsp3) is 0.200. The number of nitrogens with zero attached hydrogens (tertiary/aromatic N) is 1. The van der Waals surface area contributed by atoms with E-state index in [1.807, 2.05) is 19.9 Å². The van der Waals surface area contributed by atoms with Crippen molar-refractivity contribution in [3.8, 4) is 11.5 Å². The van der Waals surface area contributed by atoms with Crippen molar-refractivity contribution in [2.45, 2.75) is 13.8 Å². The summed E-state index contributed by atoms with van der Waals surface area (Å²) in [4.78, 5) is 26.5. The van der Waals surface area contributed by atoms with Gasteiger partial charge in [-0.05, 0) is 67.6 Å². The highest BCUT2D eigenvalue weighted by Gasteiger charge is 2.36. The first kappa shape index (κ1) is 19.3. The Bertz CT molecular complexity index is 913. The van der Waals surface area contributed by atoms with Crippen molar-refractivity contribution in [3.05, 3.63) is 58.0 Å². The minimum Gasteiger partial charge on any atom is -0.490 e. The van der Waals surface area contributed by atoms with Crippen LogP contribution in [0.3, 0.4) is 0 Å². The average molecular weight is 404 g/mol. The molecule has 0 bridgehead atoms. The van der Waals surface area contributed by atoms with Gasteiger partial charge in [0, 0.05) is 5.02 Å². The molecule has 3 rings (SSSR count). The van der Waals surface area contributed by atoms with Gasteiger partial charge >= 0.3 is 0 Å². The van der Waals surface area contributed by atoms with Gasteiger partial charge in [-0.1, -0.05) is 23.7 Å². The van der Waals surface area contributed by atoms with Crippen molar-refractivity contribution >= 4 is 46.3 Å². The molecule has 2 aromatic carbocycles. The molecule has 0 aliphatic carbocycles. The minimum absolute atomic E-state index is 0.339. The monoisotopic (exact) mass is 403 g/mol. The molecule has 1 aliphatic heterocycles. The first-order valence-corrected chi connectivity index (χ1v) is 9.66. The largest absolute Gasteiger partial charge is 0.490 e. The topological polar surface area (TPSA) is 55.8 Å². The van der Waals surface area contributed by atoms with Crippen molar-refractivity contribution in [1.82, 2.24) is 0 Å². The van der Waals surface area contributed by atoms with Gasteiger partial charge in [-0.2, -0.15) is 0 Å². The number of anilines is 1. The zero-order valence-corrected chi connectivity index (χ0v) is 16.5. The van der Waals surface area contributed by atoms with E-state index in [9.17, 15) is 9.59 Å². The standard InChI is InChI=1S/C20H18ClNO4S/c1-3-25-16-9-8-13(10-17(16)26-4-2)11-18-19(23)22(20(24)27-18)15-7-5-6-14(21)12-15/h5-12H,3-4H2,1-2H3/b18-11+. The van der Waals surface area contributed by atoms with Crippen LogP contribution in [0.25, 0.3) is 6.08 Å². The van der Waals surface area contributed by atoms with Gasteiger partial charge in [0.25, 0.3) is 11.1 Å². The lowest BCUT2D eigenvalue weighted by Gasteiger charge is -2.12. The molecule has 7 heteroatoms. The first-order valence-electron chi connectivity index (χ1n) is 8.46. The SMILES string of the molecule is CCOc1ccc(/C=C2/SC(=O)N(c3cccc(Cl)c3)C2=O)cc1OCC. The number of imide groups is 1. The maximum absolute atomic E-state index is 12.7. The van der Waals surface area contributed by atoms with Crippen LogP contribution in [0.5, 0.6) is 11.5 Å². The third kappa shape index (κ3) is 4.28. The Hall–Kier alpha value is -2.44. The molecule has 5 nitrogen and oxygen atoms in total. The quantitative estimate of drug-likeness (QED) is 0.606. The first-order chi connectivity index (χ1) is 13.0. The molecule has 0 aromatic heterocycles. The van der Waals surface area contributed by atoms with Gasteiger partial charge in [-0.25, -0.2) is 4.90 Å². The van der Waals surface area contributed by atoms with Crippen LogP contribution in [0.15, 0.2) is 47.4 Å². The summed E-state index contributed by atoms with van der Waals surface area (Å²) in [6, 6.07) is 12.1. The Labute approximate surface area is 166 Å². The highest BCUT2D eigenvalue weighted by Crippen LogP contribution is 2.37. The number of thioether (sulfide) groups is 1. The number of benzene rings is 2. The number of carbonyl (C=O) groups excluding carboxylic acids is 2. The van der Waals surface area contributed by atoms with Gasteiger partial charge in [0.2, 0.25) is 0 Å². The molecule has 0 N–H and O–H groups in total. The molecule has 2 amide bonds. The van der Waals surface area contributed by atoms with Gasteiger partial charge in [0.1, 0.15) is 0 Å². The predicted molar refractivity (Wildman–Crippen MR) is 109 cm³/mol. The molecule has 1 fully saturated rings. The maximum Gasteiger partial charge on any atom is 0.298 e. The summed E-state index contributed by atoms with van der Waals surface area (Å²) in [7, 11) is 0. The maximum atomic E-state index is 12.7. The van der Waals surface area contributed by atoms with Crippen LogP contribution >= 0.6 is 23.4 Å². The van der Waals surface area contributed by atoms with Crippen molar-refractivity contribution in [3.63, 3.8) is 0 Å². The van der Waals surface area contributed by atoms with Gasteiger partial charge in [0.05, 0.1) is 23.8 Å². The number of ether oxygens (including phenoxy) is 2. The van der Waals surface area contributed by atoms with E-state index in [0.717, 1.165) is 22.2 Å². The van der Waals surface area contributed by atoms with E-state index in [0.29, 0.717) is 40.3 Å². The van der Waals surface area contributed by atoms with E-state index in [4.69, 9.17) is 21.1 Å². The van der Waals surface area contributed by atoms with Gasteiger partial charge in [-0.3, -0.25) is 9.59 Å². The van der Waals surface area contributed by atoms with Gasteiger partial charge in [0.15, 0.2) is 11.5 Å². The summed E-state index contributed by atoms with van der Waals surface area (Å²) in [6.07, 6.45) is 1.67. The molecule has 0 unspecified atom stereocenters. The van der Waals surface area contributed by atoms with Crippen LogP contribution in [0.4, 0.5) is 10.5 Å². The molecular weight excluding hydrogens is 386 g/mol. The Morgan fingerprint density at radius 3 is 2.48 bits per heavy atom. The van der Waals surface area contributed by atoms with Crippen molar-refractivity contribution in [2.75, 3.05) is 18.1 Å². The third-order valence-electron chi connectivity index (χ3n) is 3.73. The van der Waals surface area contributed by atoms with Crippen LogP contribution in [0.2, 0.25) is 5.02 Å². The number of hydrogen-bond donors (Lipinski definition) is 0. The summed E-state index contributed by atoms with van der Waals surface area (Å²) >= 11 is 6.87. The number of hydrogen-bond acceptors (Lipinski definition) is 5. The summed E-state index contributed by atoms with van der Waals surface area (Å²) < 4.78 is 11.2. The van der Waals surface area contributed by atoms with E-state index in [1.54, 1.807) is 42.5 Å². The van der Waals surface area contributed by atoms with Crippen molar-refractivity contribution in [2.24, 2.45) is 0 Å². The summed E-state index contributed by atoms with van der Waals surface area (Å²) in [5, 5.41) is 0.105. The minimum atomic E-state index is -0.376. The van der Waals surface area contributed by atoms with E-state index in [1.165, 1.54) is 0 Å². The van der Waals surface area contributed by atoms with Crippen molar-refractivity contribution < 1.29 is 19.1 Å². The molecule has 0 atom stereocenters. The highest BCUT2D eigenvalue weighted by atomic mass is 35.5. The fourth-order valence-corrected chi connectivity index (χ4v) is 3.64. The molecule has 0 spiro atoms. The molecule has 0 saturated carbocycles. The van der Waals surface area contributed by atoms with E-state index < -0.39 is 0 Å². The molecule has 27 heavy (non-hydrogen) atoms. The number of halogens is 1. The Morgan fingerprint density at radius 1 is 1.04 bits per heavy atom. The zero-order valence-electron chi connectivity index (χ0n) is 14.9. The van der Waals surface area contributed by atoms with Crippen LogP contribution < -0.4 is 14.4 Å². The van der Waals surface area contributed by atoms with Gasteiger partial charge < -0.3 is 9.47 Å². The van der Waals surface area contributed by atoms with E-state index in [2.05, 4.69) is 0 Å². The zero-order chi connectivity index (χ0) is 19.4. The normalized spacial score (nSPS) is 15.5. The lowest BCUT2D eigenvalue weighted by Crippen LogP contribution is -2.27. The second-order valence-corrected chi connectivity index (χ2v) is 7.00. The molecule has 0 radical (unpaired) electrons. The van der Waals surface area contributed by atoms with Crippen LogP contribution in [-0.4, -0.2) is 24.4 Å². The van der Waals surface area contributed by atoms with Crippen LogP contribution in [0.1, 0.15) is 19.4 Å². The van der Waals surface area contributed by atoms with Crippen LogP contribution in [0, 0.1) is 0 Å². The number of rotatable bonds is 6. The molecule has 2 aromatic rings. The molecule has 1 aliphatic rings. The van der Waals surface area contributed by atoms with E-state index >= 15 is 0 Å². The Kier molecular flexibility index (Phi) is 6.08. The Morgan fingerprint density at radius 2 is 1.78 bits per heavy atom. The lowest BCUT2D eigenvalue weighted by atomic mass is 10.1. The summed E-state index contributed by atoms with van der Waals surface area (Å²) in [5.74, 6) is 0.866. The predicted octanol–water partition coefficient (Wildman–Crippen LogP) is 5.38. The van der Waals surface area contributed by atoms with E-state index in [-0.39, 0.29) is 11.1 Å². The summed E-state index contributed by atoms with van der Waals surface area (Å²) in [5.41, 5.74) is 1.20. The molecule has 1 saturated heterocycles. The highest BCUT2D eigenvalue weighted by molar-refractivity contribution is 8.19. The van der Waals surface area contributed by atoms with Crippen LogP contribution in [-0.2, 0) is 4.79 Å². The number of amides is 2. The van der Waals surface area contributed by atoms with Crippen molar-refractivity contribution in [1.29, 1.82) is 0 Å². The second-order valence-electron chi connectivity index (χ2n) is 5.57.